The summed E-state index contributed by atoms with van der Waals surface area (Å²) in [6.07, 6.45) is 8.23. The van der Waals surface area contributed by atoms with Crippen LogP contribution in [0.1, 0.15) is 51.9 Å². The highest BCUT2D eigenvalue weighted by Gasteiger charge is 2.39. The van der Waals surface area contributed by atoms with Crippen molar-refractivity contribution in [2.75, 3.05) is 20.2 Å². The van der Waals surface area contributed by atoms with E-state index in [4.69, 9.17) is 0 Å². The zero-order valence-corrected chi connectivity index (χ0v) is 12.3. The van der Waals surface area contributed by atoms with Gasteiger partial charge in [0.15, 0.2) is 0 Å². The Morgan fingerprint density at radius 1 is 1.21 bits per heavy atom. The summed E-state index contributed by atoms with van der Waals surface area (Å²) in [4.78, 5) is 16.7. The van der Waals surface area contributed by atoms with Gasteiger partial charge in [-0.15, -0.1) is 0 Å². The van der Waals surface area contributed by atoms with Gasteiger partial charge >= 0.3 is 0 Å². The molecule has 1 saturated carbocycles. The van der Waals surface area contributed by atoms with Crippen LogP contribution in [0.3, 0.4) is 0 Å². The molecule has 1 aliphatic heterocycles. The molecule has 0 radical (unpaired) electrons. The second kappa shape index (κ2) is 6.71. The molecule has 4 nitrogen and oxygen atoms in total. The van der Waals surface area contributed by atoms with Crippen LogP contribution < -0.4 is 0 Å². The first kappa shape index (κ1) is 14.8. The highest BCUT2D eigenvalue weighted by molar-refractivity contribution is 5.82. The van der Waals surface area contributed by atoms with Crippen LogP contribution in [0.5, 0.6) is 0 Å². The number of nitrogens with zero attached hydrogens (tertiary/aromatic N) is 2. The first-order chi connectivity index (χ1) is 9.15. The number of likely N-dealkylation sites (N-methyl/N-ethyl adjacent to an activating group) is 1. The van der Waals surface area contributed by atoms with E-state index in [-0.39, 0.29) is 24.6 Å². The molecule has 1 saturated heterocycles. The molecule has 1 heterocycles. The molecule has 4 heteroatoms. The molecule has 2 aliphatic rings. The minimum absolute atomic E-state index is 0.0991. The quantitative estimate of drug-likeness (QED) is 0.791. The second-order valence-corrected chi connectivity index (χ2v) is 6.17. The van der Waals surface area contributed by atoms with Gasteiger partial charge < -0.3 is 10.0 Å². The minimum atomic E-state index is -0.103. The number of hydrogen-bond acceptors (Lipinski definition) is 3. The van der Waals surface area contributed by atoms with Crippen molar-refractivity contribution in [3.63, 3.8) is 0 Å². The van der Waals surface area contributed by atoms with Crippen LogP contribution in [0.2, 0.25) is 0 Å². The van der Waals surface area contributed by atoms with E-state index in [1.165, 1.54) is 38.5 Å². The standard InChI is InChI=1S/C15H28N2O2/c1-12-11-17(13-7-5-3-4-6-8-13)14(9-10-18)15(19)16(12)2/h12-14,18H,3-11H2,1-2H3. The minimum Gasteiger partial charge on any atom is -0.396 e. The Bertz CT molecular complexity index is 301. The first-order valence-electron chi connectivity index (χ1n) is 7.78. The fraction of sp³-hybridized carbons (Fsp3) is 0.933. The number of aliphatic hydroxyl groups excluding tert-OH is 1. The molecular weight excluding hydrogens is 240 g/mol. The summed E-state index contributed by atoms with van der Waals surface area (Å²) >= 11 is 0. The zero-order valence-electron chi connectivity index (χ0n) is 12.3. The first-order valence-corrected chi connectivity index (χ1v) is 7.78. The van der Waals surface area contributed by atoms with Gasteiger partial charge in [0.1, 0.15) is 0 Å². The molecule has 2 fully saturated rings. The molecule has 19 heavy (non-hydrogen) atoms. The van der Waals surface area contributed by atoms with Crippen molar-refractivity contribution in [2.24, 2.45) is 0 Å². The molecule has 0 bridgehead atoms. The van der Waals surface area contributed by atoms with Crippen LogP contribution in [-0.4, -0.2) is 59.1 Å². The molecule has 2 atom stereocenters. The molecule has 1 amide bonds. The topological polar surface area (TPSA) is 43.8 Å². The normalized spacial score (nSPS) is 31.5. The lowest BCUT2D eigenvalue weighted by molar-refractivity contribution is -0.146. The van der Waals surface area contributed by atoms with Gasteiger partial charge in [-0.1, -0.05) is 25.7 Å². The van der Waals surface area contributed by atoms with E-state index >= 15 is 0 Å². The van der Waals surface area contributed by atoms with Crippen molar-refractivity contribution >= 4 is 5.91 Å². The van der Waals surface area contributed by atoms with Crippen molar-refractivity contribution in [3.8, 4) is 0 Å². The predicted molar refractivity (Wildman–Crippen MR) is 75.9 cm³/mol. The van der Waals surface area contributed by atoms with Gasteiger partial charge in [-0.25, -0.2) is 0 Å². The SMILES string of the molecule is CC1CN(C2CCCCCC2)C(CCO)C(=O)N1C. The largest absolute Gasteiger partial charge is 0.396 e. The van der Waals surface area contributed by atoms with Gasteiger partial charge in [0.2, 0.25) is 5.91 Å². The molecule has 0 aromatic heterocycles. The van der Waals surface area contributed by atoms with Gasteiger partial charge in [-0.2, -0.15) is 0 Å². The fourth-order valence-electron chi connectivity index (χ4n) is 3.55. The molecule has 110 valence electrons. The van der Waals surface area contributed by atoms with Crippen molar-refractivity contribution in [1.82, 2.24) is 9.80 Å². The van der Waals surface area contributed by atoms with Crippen LogP contribution >= 0.6 is 0 Å². The molecule has 0 aromatic rings. The maximum Gasteiger partial charge on any atom is 0.240 e. The predicted octanol–water partition coefficient (Wildman–Crippen LogP) is 1.62. The van der Waals surface area contributed by atoms with Crippen LogP contribution in [0, 0.1) is 0 Å². The smallest absolute Gasteiger partial charge is 0.240 e. The molecule has 0 spiro atoms. The van der Waals surface area contributed by atoms with E-state index in [2.05, 4.69) is 11.8 Å². The Hall–Kier alpha value is -0.610. The van der Waals surface area contributed by atoms with Gasteiger partial charge in [-0.05, 0) is 26.2 Å². The van der Waals surface area contributed by atoms with Crippen LogP contribution in [0.4, 0.5) is 0 Å². The summed E-state index contributed by atoms with van der Waals surface area (Å²) in [5, 5.41) is 9.26. The van der Waals surface area contributed by atoms with Crippen molar-refractivity contribution in [2.45, 2.75) is 70.0 Å². The molecule has 1 N–H and O–H groups in total. The number of carbonyl (C=O) groups is 1. The molecule has 2 rings (SSSR count). The van der Waals surface area contributed by atoms with Crippen LogP contribution in [0.25, 0.3) is 0 Å². The average Bonchev–Trinajstić information content (AvgIpc) is 2.68. The number of amides is 1. The summed E-state index contributed by atoms with van der Waals surface area (Å²) in [5.74, 6) is 0.192. The monoisotopic (exact) mass is 268 g/mol. The Labute approximate surface area is 116 Å². The van der Waals surface area contributed by atoms with Crippen LogP contribution in [0.15, 0.2) is 0 Å². The average molecular weight is 268 g/mol. The lowest BCUT2D eigenvalue weighted by atomic mass is 9.98. The number of aliphatic hydroxyl groups is 1. The highest BCUT2D eigenvalue weighted by atomic mass is 16.3. The van der Waals surface area contributed by atoms with Crippen molar-refractivity contribution in [3.05, 3.63) is 0 Å². The summed E-state index contributed by atoms with van der Waals surface area (Å²) in [6, 6.07) is 0.721. The Morgan fingerprint density at radius 3 is 2.42 bits per heavy atom. The Kier molecular flexibility index (Phi) is 5.22. The van der Waals surface area contributed by atoms with Crippen molar-refractivity contribution in [1.29, 1.82) is 0 Å². The second-order valence-electron chi connectivity index (χ2n) is 6.17. The number of carbonyl (C=O) groups excluding carboxylic acids is 1. The summed E-state index contributed by atoms with van der Waals surface area (Å²) in [5.41, 5.74) is 0. The zero-order chi connectivity index (χ0) is 13.8. The maximum absolute atomic E-state index is 12.4. The van der Waals surface area contributed by atoms with E-state index in [1.54, 1.807) is 0 Å². The third-order valence-electron chi connectivity index (χ3n) is 4.87. The van der Waals surface area contributed by atoms with E-state index in [0.717, 1.165) is 6.54 Å². The van der Waals surface area contributed by atoms with Gasteiger partial charge in [0, 0.05) is 32.3 Å². The Balaban J connectivity index is 2.11. The van der Waals surface area contributed by atoms with Crippen LogP contribution in [-0.2, 0) is 4.79 Å². The number of piperazine rings is 1. The fourth-order valence-corrected chi connectivity index (χ4v) is 3.55. The van der Waals surface area contributed by atoms with E-state index in [0.29, 0.717) is 12.5 Å². The molecule has 0 aromatic carbocycles. The molecule has 2 unspecified atom stereocenters. The summed E-state index contributed by atoms with van der Waals surface area (Å²) in [7, 11) is 1.89. The van der Waals surface area contributed by atoms with Gasteiger partial charge in [0.05, 0.1) is 6.04 Å². The third kappa shape index (κ3) is 3.29. The molecular formula is C15H28N2O2. The lowest BCUT2D eigenvalue weighted by Gasteiger charge is -2.46. The maximum atomic E-state index is 12.4. The summed E-state index contributed by atoms with van der Waals surface area (Å²) in [6.45, 7) is 3.18. The Morgan fingerprint density at radius 2 is 1.84 bits per heavy atom. The lowest BCUT2D eigenvalue weighted by Crippen LogP contribution is -2.62. The summed E-state index contributed by atoms with van der Waals surface area (Å²) < 4.78 is 0. The van der Waals surface area contributed by atoms with Gasteiger partial charge in [0.25, 0.3) is 0 Å². The van der Waals surface area contributed by atoms with Gasteiger partial charge in [-0.3, -0.25) is 9.69 Å². The third-order valence-corrected chi connectivity index (χ3v) is 4.87. The number of rotatable bonds is 3. The van der Waals surface area contributed by atoms with E-state index in [9.17, 15) is 9.90 Å². The molecule has 1 aliphatic carbocycles. The highest BCUT2D eigenvalue weighted by Crippen LogP contribution is 2.28. The van der Waals surface area contributed by atoms with Crippen molar-refractivity contribution < 1.29 is 9.90 Å². The number of hydrogen-bond donors (Lipinski definition) is 1. The van der Waals surface area contributed by atoms with E-state index < -0.39 is 0 Å². The van der Waals surface area contributed by atoms with E-state index in [1.807, 2.05) is 11.9 Å².